The largest absolute Gasteiger partial charge is 0.484 e. The Morgan fingerprint density at radius 2 is 1.50 bits per heavy atom. The molecule has 1 N–H and O–H groups in total. The molecule has 3 aromatic rings. The lowest BCUT2D eigenvalue weighted by Crippen LogP contribution is -2.25. The number of carbonyl (C=O) groups is 1. The highest BCUT2D eigenvalue weighted by molar-refractivity contribution is 5.97. The van der Waals surface area contributed by atoms with Gasteiger partial charge in [0, 0.05) is 0 Å². The van der Waals surface area contributed by atoms with Gasteiger partial charge in [-0.2, -0.15) is 5.10 Å². The quantitative estimate of drug-likeness (QED) is 0.473. The van der Waals surface area contributed by atoms with Crippen LogP contribution < -0.4 is 10.2 Å². The Hall–Kier alpha value is -3.66. The second kappa shape index (κ2) is 9.88. The standard InChI is InChI=1S/C24H22N2O2/c1-19(12-13-20-8-4-2-5-9-20)25-26-24(27)18-28-23-16-14-22(15-17-23)21-10-6-3-7-11-21/h2-17H,18H2,1H3,(H,26,27)/b13-12+,25-19-. The number of hydrogen-bond acceptors (Lipinski definition) is 3. The average molecular weight is 370 g/mol. The van der Waals surface area contributed by atoms with Crippen molar-refractivity contribution in [1.29, 1.82) is 0 Å². The van der Waals surface area contributed by atoms with Crippen molar-refractivity contribution in [1.82, 2.24) is 5.43 Å². The molecule has 0 aromatic heterocycles. The molecule has 1 amide bonds. The minimum Gasteiger partial charge on any atom is -0.484 e. The molecular weight excluding hydrogens is 348 g/mol. The maximum absolute atomic E-state index is 11.9. The summed E-state index contributed by atoms with van der Waals surface area (Å²) in [7, 11) is 0. The number of ether oxygens (including phenoxy) is 1. The lowest BCUT2D eigenvalue weighted by molar-refractivity contribution is -0.123. The molecule has 0 bridgehead atoms. The van der Waals surface area contributed by atoms with Crippen molar-refractivity contribution in [2.24, 2.45) is 5.10 Å². The third-order valence-electron chi connectivity index (χ3n) is 4.00. The van der Waals surface area contributed by atoms with Crippen LogP contribution in [0.4, 0.5) is 0 Å². The molecule has 0 aliphatic heterocycles. The first-order chi connectivity index (χ1) is 13.7. The zero-order chi connectivity index (χ0) is 19.6. The van der Waals surface area contributed by atoms with Gasteiger partial charge < -0.3 is 4.74 Å². The predicted molar refractivity (Wildman–Crippen MR) is 114 cm³/mol. The number of hydrazone groups is 1. The zero-order valence-electron chi connectivity index (χ0n) is 15.7. The molecule has 0 aliphatic rings. The van der Waals surface area contributed by atoms with Gasteiger partial charge in [0.1, 0.15) is 5.75 Å². The SMILES string of the molecule is CC(/C=C/c1ccccc1)=N/NC(=O)COc1ccc(-c2ccccc2)cc1. The fourth-order valence-electron chi connectivity index (χ4n) is 2.52. The van der Waals surface area contributed by atoms with E-state index >= 15 is 0 Å². The van der Waals surface area contributed by atoms with Gasteiger partial charge in [-0.1, -0.05) is 78.9 Å². The van der Waals surface area contributed by atoms with Crippen LogP contribution in [0.5, 0.6) is 5.75 Å². The van der Waals surface area contributed by atoms with E-state index in [1.807, 2.05) is 91.9 Å². The Morgan fingerprint density at radius 3 is 2.18 bits per heavy atom. The topological polar surface area (TPSA) is 50.7 Å². The van der Waals surface area contributed by atoms with Gasteiger partial charge in [-0.25, -0.2) is 5.43 Å². The molecule has 4 nitrogen and oxygen atoms in total. The molecule has 3 aromatic carbocycles. The summed E-state index contributed by atoms with van der Waals surface area (Å²) in [5.41, 5.74) is 6.51. The first-order valence-electron chi connectivity index (χ1n) is 9.05. The maximum atomic E-state index is 11.9. The third kappa shape index (κ3) is 5.95. The van der Waals surface area contributed by atoms with Gasteiger partial charge >= 0.3 is 0 Å². The third-order valence-corrected chi connectivity index (χ3v) is 4.00. The number of benzene rings is 3. The van der Waals surface area contributed by atoms with E-state index in [0.717, 1.165) is 16.7 Å². The Balaban J connectivity index is 1.47. The maximum Gasteiger partial charge on any atom is 0.277 e. The molecule has 0 atom stereocenters. The Kier molecular flexibility index (Phi) is 6.74. The molecule has 0 radical (unpaired) electrons. The molecule has 0 unspecified atom stereocenters. The second-order valence-corrected chi connectivity index (χ2v) is 6.21. The van der Waals surface area contributed by atoms with E-state index in [4.69, 9.17) is 4.74 Å². The number of carbonyl (C=O) groups excluding carboxylic acids is 1. The highest BCUT2D eigenvalue weighted by Crippen LogP contribution is 2.21. The number of nitrogens with zero attached hydrogens (tertiary/aromatic N) is 1. The molecule has 4 heteroatoms. The molecular formula is C24H22N2O2. The minimum absolute atomic E-state index is 0.0934. The van der Waals surface area contributed by atoms with Gasteiger partial charge in [0.2, 0.25) is 0 Å². The summed E-state index contributed by atoms with van der Waals surface area (Å²) in [6, 6.07) is 27.6. The van der Waals surface area contributed by atoms with Gasteiger partial charge in [0.25, 0.3) is 5.91 Å². The summed E-state index contributed by atoms with van der Waals surface area (Å²) >= 11 is 0. The molecule has 0 saturated carbocycles. The lowest BCUT2D eigenvalue weighted by atomic mass is 10.1. The van der Waals surface area contributed by atoms with Crippen molar-refractivity contribution in [3.8, 4) is 16.9 Å². The van der Waals surface area contributed by atoms with Crippen LogP contribution in [0, 0.1) is 0 Å². The van der Waals surface area contributed by atoms with Crippen LogP contribution in [0.3, 0.4) is 0 Å². The fraction of sp³-hybridized carbons (Fsp3) is 0.0833. The highest BCUT2D eigenvalue weighted by Gasteiger charge is 2.03. The van der Waals surface area contributed by atoms with Crippen LogP contribution >= 0.6 is 0 Å². The smallest absolute Gasteiger partial charge is 0.277 e. The van der Waals surface area contributed by atoms with Crippen molar-refractivity contribution < 1.29 is 9.53 Å². The molecule has 0 aliphatic carbocycles. The summed E-state index contributed by atoms with van der Waals surface area (Å²) in [5.74, 6) is 0.333. The van der Waals surface area contributed by atoms with E-state index in [-0.39, 0.29) is 12.5 Å². The molecule has 0 saturated heterocycles. The van der Waals surface area contributed by atoms with Gasteiger partial charge in [-0.05, 0) is 41.8 Å². The van der Waals surface area contributed by atoms with E-state index in [1.54, 1.807) is 0 Å². The lowest BCUT2D eigenvalue weighted by Gasteiger charge is -2.07. The fourth-order valence-corrected chi connectivity index (χ4v) is 2.52. The molecule has 140 valence electrons. The van der Waals surface area contributed by atoms with Crippen LogP contribution in [0.1, 0.15) is 12.5 Å². The number of nitrogens with one attached hydrogen (secondary N) is 1. The second-order valence-electron chi connectivity index (χ2n) is 6.21. The van der Waals surface area contributed by atoms with Crippen molar-refractivity contribution in [3.05, 3.63) is 96.6 Å². The van der Waals surface area contributed by atoms with E-state index in [9.17, 15) is 4.79 Å². The van der Waals surface area contributed by atoms with E-state index in [2.05, 4.69) is 22.7 Å². The van der Waals surface area contributed by atoms with Crippen molar-refractivity contribution >= 4 is 17.7 Å². The van der Waals surface area contributed by atoms with E-state index < -0.39 is 0 Å². The normalized spacial score (nSPS) is 11.4. The van der Waals surface area contributed by atoms with Crippen molar-refractivity contribution in [2.45, 2.75) is 6.92 Å². The van der Waals surface area contributed by atoms with Gasteiger partial charge in [-0.3, -0.25) is 4.79 Å². The average Bonchev–Trinajstić information content (AvgIpc) is 2.76. The molecule has 0 fully saturated rings. The van der Waals surface area contributed by atoms with Gasteiger partial charge in [-0.15, -0.1) is 0 Å². The minimum atomic E-state index is -0.306. The first kappa shape index (κ1) is 19.1. The van der Waals surface area contributed by atoms with Crippen LogP contribution in [-0.2, 0) is 4.79 Å². The van der Waals surface area contributed by atoms with Gasteiger partial charge in [0.15, 0.2) is 6.61 Å². The van der Waals surface area contributed by atoms with Crippen LogP contribution in [0.25, 0.3) is 17.2 Å². The molecule has 0 heterocycles. The Bertz CT molecular complexity index is 947. The summed E-state index contributed by atoms with van der Waals surface area (Å²) in [4.78, 5) is 11.9. The summed E-state index contributed by atoms with van der Waals surface area (Å²) in [6.07, 6.45) is 3.79. The summed E-state index contributed by atoms with van der Waals surface area (Å²) in [6.45, 7) is 1.73. The van der Waals surface area contributed by atoms with Crippen LogP contribution in [0.15, 0.2) is 96.1 Å². The molecule has 3 rings (SSSR count). The van der Waals surface area contributed by atoms with Crippen LogP contribution in [-0.4, -0.2) is 18.2 Å². The zero-order valence-corrected chi connectivity index (χ0v) is 15.7. The summed E-state index contributed by atoms with van der Waals surface area (Å²) < 4.78 is 5.52. The molecule has 28 heavy (non-hydrogen) atoms. The monoisotopic (exact) mass is 370 g/mol. The van der Waals surface area contributed by atoms with Crippen LogP contribution in [0.2, 0.25) is 0 Å². The Labute approximate surface area is 165 Å². The Morgan fingerprint density at radius 1 is 0.893 bits per heavy atom. The number of hydrogen-bond donors (Lipinski definition) is 1. The van der Waals surface area contributed by atoms with E-state index in [0.29, 0.717) is 11.5 Å². The van der Waals surface area contributed by atoms with Gasteiger partial charge in [0.05, 0.1) is 5.71 Å². The summed E-state index contributed by atoms with van der Waals surface area (Å²) in [5, 5.41) is 4.06. The number of amides is 1. The number of allylic oxidation sites excluding steroid dienone is 1. The molecule has 0 spiro atoms. The first-order valence-corrected chi connectivity index (χ1v) is 9.05. The van der Waals surface area contributed by atoms with Crippen molar-refractivity contribution in [3.63, 3.8) is 0 Å². The van der Waals surface area contributed by atoms with E-state index in [1.165, 1.54) is 0 Å². The highest BCUT2D eigenvalue weighted by atomic mass is 16.5. The van der Waals surface area contributed by atoms with Crippen molar-refractivity contribution in [2.75, 3.05) is 6.61 Å². The number of rotatable bonds is 7. The predicted octanol–water partition coefficient (Wildman–Crippen LogP) is 4.94.